The summed E-state index contributed by atoms with van der Waals surface area (Å²) in [7, 11) is 0. The summed E-state index contributed by atoms with van der Waals surface area (Å²) in [4.78, 5) is 35.3. The molecule has 1 aromatic rings. The highest BCUT2D eigenvalue weighted by molar-refractivity contribution is 6.00. The van der Waals surface area contributed by atoms with Crippen LogP contribution in [0.1, 0.15) is 12.8 Å². The third-order valence-corrected chi connectivity index (χ3v) is 3.29. The van der Waals surface area contributed by atoms with E-state index in [0.717, 1.165) is 17.0 Å². The monoisotopic (exact) mass is 312 g/mol. The fourth-order valence-corrected chi connectivity index (χ4v) is 2.26. The van der Waals surface area contributed by atoms with E-state index >= 15 is 0 Å². The topological polar surface area (TPSA) is 86.7 Å². The number of rotatable bonds is 5. The Morgan fingerprint density at radius 3 is 2.50 bits per heavy atom. The van der Waals surface area contributed by atoms with Gasteiger partial charge in [-0.05, 0) is 12.1 Å². The van der Waals surface area contributed by atoms with Gasteiger partial charge in [0.1, 0.15) is 11.6 Å². The minimum absolute atomic E-state index is 0.000626. The zero-order valence-corrected chi connectivity index (χ0v) is 11.5. The number of aliphatic carboxylic acids is 1. The molecular weight excluding hydrogens is 298 g/mol. The second kappa shape index (κ2) is 6.50. The van der Waals surface area contributed by atoms with Gasteiger partial charge < -0.3 is 15.3 Å². The van der Waals surface area contributed by atoms with E-state index in [1.807, 2.05) is 0 Å². The molecular formula is C14H14F2N2O4. The number of carbonyl (C=O) groups excluding carboxylic acids is 2. The maximum absolute atomic E-state index is 13.2. The van der Waals surface area contributed by atoms with Crippen LogP contribution in [0, 0.1) is 17.6 Å². The summed E-state index contributed by atoms with van der Waals surface area (Å²) in [6.45, 7) is -0.0336. The molecule has 0 unspecified atom stereocenters. The molecule has 1 aromatic carbocycles. The first kappa shape index (κ1) is 15.9. The van der Waals surface area contributed by atoms with Crippen molar-refractivity contribution in [1.82, 2.24) is 5.32 Å². The number of benzene rings is 1. The van der Waals surface area contributed by atoms with Crippen LogP contribution in [0.5, 0.6) is 0 Å². The molecule has 1 aliphatic heterocycles. The number of nitrogens with one attached hydrogen (secondary N) is 1. The van der Waals surface area contributed by atoms with E-state index in [9.17, 15) is 23.2 Å². The number of hydrogen-bond acceptors (Lipinski definition) is 3. The maximum atomic E-state index is 13.2. The Bertz CT molecular complexity index is 601. The summed E-state index contributed by atoms with van der Waals surface area (Å²) in [6, 6.07) is 2.73. The molecule has 1 aliphatic rings. The number of carbonyl (C=O) groups is 3. The summed E-state index contributed by atoms with van der Waals surface area (Å²) in [6.07, 6.45) is -0.303. The molecule has 0 aromatic heterocycles. The molecule has 0 radical (unpaired) electrons. The van der Waals surface area contributed by atoms with Crippen molar-refractivity contribution in [3.05, 3.63) is 29.8 Å². The molecule has 2 rings (SSSR count). The number of anilines is 1. The molecule has 0 saturated carbocycles. The van der Waals surface area contributed by atoms with Gasteiger partial charge in [0, 0.05) is 31.3 Å². The highest BCUT2D eigenvalue weighted by Gasteiger charge is 2.35. The van der Waals surface area contributed by atoms with Crippen molar-refractivity contribution >= 4 is 23.5 Å². The Kier molecular flexibility index (Phi) is 4.69. The normalized spacial score (nSPS) is 17.6. The molecule has 1 heterocycles. The average Bonchev–Trinajstić information content (AvgIpc) is 2.79. The number of nitrogens with zero attached hydrogens (tertiary/aromatic N) is 1. The molecule has 1 fully saturated rings. The van der Waals surface area contributed by atoms with Crippen molar-refractivity contribution in [1.29, 1.82) is 0 Å². The van der Waals surface area contributed by atoms with E-state index in [2.05, 4.69) is 5.32 Å². The Morgan fingerprint density at radius 2 is 1.91 bits per heavy atom. The molecule has 22 heavy (non-hydrogen) atoms. The van der Waals surface area contributed by atoms with Gasteiger partial charge in [0.2, 0.25) is 11.8 Å². The number of hydrogen-bond donors (Lipinski definition) is 2. The van der Waals surface area contributed by atoms with Gasteiger partial charge in [-0.25, -0.2) is 8.78 Å². The molecule has 2 N–H and O–H groups in total. The lowest BCUT2D eigenvalue weighted by molar-refractivity contribution is -0.137. The van der Waals surface area contributed by atoms with Crippen LogP contribution in [0.15, 0.2) is 18.2 Å². The fourth-order valence-electron chi connectivity index (χ4n) is 2.26. The number of amides is 2. The Hall–Kier alpha value is -2.51. The molecule has 6 nitrogen and oxygen atoms in total. The van der Waals surface area contributed by atoms with Crippen molar-refractivity contribution < 1.29 is 28.3 Å². The van der Waals surface area contributed by atoms with Crippen molar-refractivity contribution in [3.63, 3.8) is 0 Å². The SMILES string of the molecule is O=C(O)CCNC(=O)[C@@H]1CC(=O)N(c2cc(F)cc(F)c2)C1. The van der Waals surface area contributed by atoms with Crippen molar-refractivity contribution in [2.24, 2.45) is 5.92 Å². The Labute approximate surface area is 124 Å². The van der Waals surface area contributed by atoms with E-state index in [0.29, 0.717) is 6.07 Å². The Balaban J connectivity index is 2.01. The number of carboxylic acid groups (broad SMARTS) is 1. The maximum Gasteiger partial charge on any atom is 0.305 e. The quantitative estimate of drug-likeness (QED) is 0.846. The van der Waals surface area contributed by atoms with E-state index in [1.165, 1.54) is 0 Å². The number of halogens is 2. The van der Waals surface area contributed by atoms with Gasteiger partial charge in [0.15, 0.2) is 0 Å². The van der Waals surface area contributed by atoms with E-state index in [1.54, 1.807) is 0 Å². The Morgan fingerprint density at radius 1 is 1.27 bits per heavy atom. The summed E-state index contributed by atoms with van der Waals surface area (Å²) < 4.78 is 26.4. The fraction of sp³-hybridized carbons (Fsp3) is 0.357. The predicted octanol–water partition coefficient (Wildman–Crippen LogP) is 0.909. The molecule has 0 bridgehead atoms. The van der Waals surface area contributed by atoms with Gasteiger partial charge in [-0.2, -0.15) is 0 Å². The van der Waals surface area contributed by atoms with Crippen LogP contribution >= 0.6 is 0 Å². The van der Waals surface area contributed by atoms with Crippen LogP contribution in [-0.2, 0) is 14.4 Å². The predicted molar refractivity (Wildman–Crippen MR) is 72.1 cm³/mol. The first-order valence-corrected chi connectivity index (χ1v) is 6.63. The first-order valence-electron chi connectivity index (χ1n) is 6.63. The van der Waals surface area contributed by atoms with Crippen LogP contribution < -0.4 is 10.2 Å². The molecule has 0 spiro atoms. The molecule has 2 amide bonds. The highest BCUT2D eigenvalue weighted by Crippen LogP contribution is 2.26. The van der Waals surface area contributed by atoms with Gasteiger partial charge in [0.05, 0.1) is 12.3 Å². The first-order chi connectivity index (χ1) is 10.4. The van der Waals surface area contributed by atoms with Crippen molar-refractivity contribution in [2.45, 2.75) is 12.8 Å². The lowest BCUT2D eigenvalue weighted by Crippen LogP contribution is -2.34. The summed E-state index contributed by atoms with van der Waals surface area (Å²) >= 11 is 0. The summed E-state index contributed by atoms with van der Waals surface area (Å²) in [5.74, 6) is -4.20. The van der Waals surface area contributed by atoms with Gasteiger partial charge in [-0.15, -0.1) is 0 Å². The van der Waals surface area contributed by atoms with E-state index in [-0.39, 0.29) is 31.6 Å². The van der Waals surface area contributed by atoms with Gasteiger partial charge in [-0.3, -0.25) is 14.4 Å². The van der Waals surface area contributed by atoms with Crippen LogP contribution in [0.2, 0.25) is 0 Å². The minimum atomic E-state index is -1.04. The average molecular weight is 312 g/mol. The number of carboxylic acids is 1. The second-order valence-corrected chi connectivity index (χ2v) is 4.97. The standard InChI is InChI=1S/C14H14F2N2O4/c15-9-4-10(16)6-11(5-9)18-7-8(3-12(18)19)14(22)17-2-1-13(20)21/h4-6,8H,1-3,7H2,(H,17,22)(H,20,21)/t8-/m1/s1. The highest BCUT2D eigenvalue weighted by atomic mass is 19.1. The zero-order valence-electron chi connectivity index (χ0n) is 11.5. The van der Waals surface area contributed by atoms with Crippen LogP contribution in [0.25, 0.3) is 0 Å². The van der Waals surface area contributed by atoms with Crippen LogP contribution in [0.3, 0.4) is 0 Å². The zero-order chi connectivity index (χ0) is 16.3. The van der Waals surface area contributed by atoms with E-state index < -0.39 is 35.3 Å². The van der Waals surface area contributed by atoms with Gasteiger partial charge in [0.25, 0.3) is 0 Å². The molecule has 8 heteroatoms. The summed E-state index contributed by atoms with van der Waals surface area (Å²) in [5, 5.41) is 10.9. The molecule has 1 saturated heterocycles. The van der Waals surface area contributed by atoms with E-state index in [4.69, 9.17) is 5.11 Å². The third-order valence-electron chi connectivity index (χ3n) is 3.29. The third kappa shape index (κ3) is 3.78. The van der Waals surface area contributed by atoms with Crippen molar-refractivity contribution in [2.75, 3.05) is 18.0 Å². The van der Waals surface area contributed by atoms with Crippen LogP contribution in [0.4, 0.5) is 14.5 Å². The molecule has 118 valence electrons. The summed E-state index contributed by atoms with van der Waals surface area (Å²) in [5.41, 5.74) is 0.0586. The molecule has 1 atom stereocenters. The lowest BCUT2D eigenvalue weighted by atomic mass is 10.1. The van der Waals surface area contributed by atoms with Crippen LogP contribution in [-0.4, -0.2) is 36.0 Å². The van der Waals surface area contributed by atoms with Gasteiger partial charge >= 0.3 is 5.97 Å². The second-order valence-electron chi connectivity index (χ2n) is 4.97. The van der Waals surface area contributed by atoms with Crippen molar-refractivity contribution in [3.8, 4) is 0 Å². The lowest BCUT2D eigenvalue weighted by Gasteiger charge is -2.17. The van der Waals surface area contributed by atoms with Gasteiger partial charge in [-0.1, -0.05) is 0 Å². The molecule has 0 aliphatic carbocycles. The minimum Gasteiger partial charge on any atom is -0.481 e. The largest absolute Gasteiger partial charge is 0.481 e. The smallest absolute Gasteiger partial charge is 0.305 e.